The Morgan fingerprint density at radius 1 is 1.12 bits per heavy atom. The second-order valence-electron chi connectivity index (χ2n) is 6.72. The second-order valence-corrected chi connectivity index (χ2v) is 13.8. The summed E-state index contributed by atoms with van der Waals surface area (Å²) < 4.78 is 0. The van der Waals surface area contributed by atoms with Crippen LogP contribution in [0.1, 0.15) is 20.8 Å². The number of benzene rings is 1. The van der Waals surface area contributed by atoms with Crippen molar-refractivity contribution in [3.63, 3.8) is 0 Å². The van der Waals surface area contributed by atoms with Gasteiger partial charge in [0.05, 0.1) is 8.07 Å². The molecule has 1 aromatic rings. The second kappa shape index (κ2) is 5.71. The van der Waals surface area contributed by atoms with Gasteiger partial charge in [-0.05, 0) is 5.79 Å². The molecule has 0 aliphatic rings. The summed E-state index contributed by atoms with van der Waals surface area (Å²) in [5, 5.41) is 2.06. The Labute approximate surface area is 110 Å². The lowest BCUT2D eigenvalue weighted by molar-refractivity contribution is 0.751. The summed E-state index contributed by atoms with van der Waals surface area (Å²) >= 11 is 0. The maximum absolute atomic E-state index is 2.50. The summed E-state index contributed by atoms with van der Waals surface area (Å²) in [5.41, 5.74) is 0. The highest BCUT2D eigenvalue weighted by atomic mass is 31.1. The van der Waals surface area contributed by atoms with E-state index < -0.39 is 8.07 Å². The highest BCUT2D eigenvalue weighted by Gasteiger charge is 2.28. The van der Waals surface area contributed by atoms with Crippen molar-refractivity contribution in [3.05, 3.63) is 30.3 Å². The first-order chi connectivity index (χ1) is 7.73. The lowest BCUT2D eigenvalue weighted by Crippen LogP contribution is -2.44. The zero-order valence-electron chi connectivity index (χ0n) is 12.2. The zero-order valence-corrected chi connectivity index (χ0v) is 14.2. The van der Waals surface area contributed by atoms with Gasteiger partial charge in [-0.3, -0.25) is 0 Å². The molecule has 17 heavy (non-hydrogen) atoms. The summed E-state index contributed by atoms with van der Waals surface area (Å²) in [6, 6.07) is 11.1. The largest absolute Gasteiger partial charge is 0.169 e. The van der Waals surface area contributed by atoms with Crippen molar-refractivity contribution < 1.29 is 0 Å². The van der Waals surface area contributed by atoms with E-state index >= 15 is 0 Å². The fraction of sp³-hybridized carbons (Fsp3) is 0.571. The Hall–Kier alpha value is -0.0682. The average molecular weight is 264 g/mol. The van der Waals surface area contributed by atoms with E-state index in [2.05, 4.69) is 71.0 Å². The molecule has 0 nitrogen and oxygen atoms in total. The van der Waals surface area contributed by atoms with E-state index in [1.54, 1.807) is 5.19 Å². The van der Waals surface area contributed by atoms with E-state index in [1.165, 1.54) is 5.79 Å². The fourth-order valence-electron chi connectivity index (χ4n) is 1.71. The van der Waals surface area contributed by atoms with Crippen LogP contribution in [0.3, 0.4) is 0 Å². The minimum Gasteiger partial charge on any atom is -0.157 e. The smallest absolute Gasteiger partial charge is 0.157 e. The van der Waals surface area contributed by atoms with E-state index in [0.717, 1.165) is 14.9 Å². The van der Waals surface area contributed by atoms with E-state index in [1.807, 2.05) is 0 Å². The molecule has 0 saturated heterocycles. The maximum Gasteiger partial charge on any atom is 0.169 e. The number of hydrogen-bond acceptors (Lipinski definition) is 0. The molecular weight excluding hydrogens is 238 g/mol. The monoisotopic (exact) mass is 264 g/mol. The molecule has 0 aromatic heterocycles. The van der Waals surface area contributed by atoms with Crippen LogP contribution < -0.4 is 5.19 Å². The Bertz CT molecular complexity index is 343. The van der Waals surface area contributed by atoms with Crippen LogP contribution in [0.4, 0.5) is 0 Å². The molecule has 0 saturated carbocycles. The molecule has 1 aromatic carbocycles. The molecule has 0 amide bonds. The molecule has 0 fully saturated rings. The lowest BCUT2D eigenvalue weighted by Gasteiger charge is -2.29. The normalized spacial score (nSPS) is 13.3. The molecule has 1 unspecified atom stereocenters. The molecule has 0 aliphatic heterocycles. The van der Waals surface area contributed by atoms with Crippen LogP contribution in [-0.4, -0.2) is 20.3 Å². The van der Waals surface area contributed by atoms with Crippen molar-refractivity contribution in [2.24, 2.45) is 0 Å². The van der Waals surface area contributed by atoms with Crippen molar-refractivity contribution in [2.75, 3.05) is 5.79 Å². The summed E-state index contributed by atoms with van der Waals surface area (Å²) in [4.78, 5) is 0. The molecule has 0 radical (unpaired) electrons. The standard InChI is InChI=1S/C14H26BPSi/c1-14(2,3)15(4)16-12-17(5,6)13-10-8-7-9-11-13/h7-11,16H,12H2,1-6H3. The SMILES string of the molecule is CB(PC[Si](C)(C)c1ccccc1)C(C)(C)C. The third kappa shape index (κ3) is 4.60. The van der Waals surface area contributed by atoms with Gasteiger partial charge in [-0.25, -0.2) is 0 Å². The molecule has 94 valence electrons. The minimum atomic E-state index is -1.21. The van der Waals surface area contributed by atoms with Gasteiger partial charge in [0.2, 0.25) is 0 Å². The van der Waals surface area contributed by atoms with Crippen molar-refractivity contribution >= 4 is 28.2 Å². The van der Waals surface area contributed by atoms with E-state index in [9.17, 15) is 0 Å². The first kappa shape index (κ1) is 15.0. The van der Waals surface area contributed by atoms with Gasteiger partial charge in [0.25, 0.3) is 0 Å². The Morgan fingerprint density at radius 2 is 1.65 bits per heavy atom. The third-order valence-electron chi connectivity index (χ3n) is 3.70. The van der Waals surface area contributed by atoms with Gasteiger partial charge in [-0.1, -0.05) is 81.5 Å². The van der Waals surface area contributed by atoms with Crippen LogP contribution >= 0.6 is 8.46 Å². The first-order valence-electron chi connectivity index (χ1n) is 6.52. The summed E-state index contributed by atoms with van der Waals surface area (Å²) in [6.45, 7) is 14.5. The molecule has 0 N–H and O–H groups in total. The molecular formula is C14H26BPSi. The van der Waals surface area contributed by atoms with Crippen LogP contribution in [0.15, 0.2) is 30.3 Å². The Balaban J connectivity index is 2.63. The minimum absolute atomic E-state index is 0.458. The molecule has 0 spiro atoms. The van der Waals surface area contributed by atoms with Gasteiger partial charge >= 0.3 is 0 Å². The van der Waals surface area contributed by atoms with E-state index in [0.29, 0.717) is 5.31 Å². The van der Waals surface area contributed by atoms with Crippen LogP contribution in [0.25, 0.3) is 0 Å². The third-order valence-corrected chi connectivity index (χ3v) is 11.4. The highest BCUT2D eigenvalue weighted by molar-refractivity contribution is 7.78. The molecule has 0 bridgehead atoms. The predicted octanol–water partition coefficient (Wildman–Crippen LogP) is 4.24. The Kier molecular flexibility index (Phi) is 5.04. The van der Waals surface area contributed by atoms with Gasteiger partial charge in [-0.2, -0.15) is 8.46 Å². The van der Waals surface area contributed by atoms with E-state index in [-0.39, 0.29) is 0 Å². The van der Waals surface area contributed by atoms with Gasteiger partial charge in [0.15, 0.2) is 6.43 Å². The highest BCUT2D eigenvalue weighted by Crippen LogP contribution is 2.37. The van der Waals surface area contributed by atoms with Crippen LogP contribution in [0, 0.1) is 0 Å². The quantitative estimate of drug-likeness (QED) is 0.563. The molecule has 1 atom stereocenters. The van der Waals surface area contributed by atoms with Gasteiger partial charge < -0.3 is 0 Å². The topological polar surface area (TPSA) is 0 Å². The van der Waals surface area contributed by atoms with Crippen molar-refractivity contribution in [1.82, 2.24) is 0 Å². The Morgan fingerprint density at radius 3 is 2.12 bits per heavy atom. The molecule has 3 heteroatoms. The average Bonchev–Trinajstić information content (AvgIpc) is 2.26. The zero-order chi connectivity index (χ0) is 13.1. The lowest BCUT2D eigenvalue weighted by atomic mass is 9.55. The van der Waals surface area contributed by atoms with Gasteiger partial charge in [-0.15, -0.1) is 0 Å². The number of rotatable bonds is 4. The molecule has 1 rings (SSSR count). The molecule has 0 heterocycles. The molecule has 0 aliphatic carbocycles. The van der Waals surface area contributed by atoms with Crippen molar-refractivity contribution in [3.8, 4) is 0 Å². The summed E-state index contributed by atoms with van der Waals surface area (Å²) in [6.07, 6.45) is 0.831. The van der Waals surface area contributed by atoms with Gasteiger partial charge in [0, 0.05) is 0 Å². The van der Waals surface area contributed by atoms with E-state index in [4.69, 9.17) is 0 Å². The maximum atomic E-state index is 2.50. The fourth-order valence-corrected chi connectivity index (χ4v) is 7.50. The first-order valence-corrected chi connectivity index (χ1v) is 11.0. The summed E-state index contributed by atoms with van der Waals surface area (Å²) in [5.74, 6) is 1.43. The van der Waals surface area contributed by atoms with Gasteiger partial charge in [0.1, 0.15) is 0 Å². The van der Waals surface area contributed by atoms with Crippen LogP contribution in [0.2, 0.25) is 25.2 Å². The van der Waals surface area contributed by atoms with Crippen LogP contribution in [-0.2, 0) is 0 Å². The predicted molar refractivity (Wildman–Crippen MR) is 88.1 cm³/mol. The number of hydrogen-bond donors (Lipinski definition) is 0. The van der Waals surface area contributed by atoms with Crippen molar-refractivity contribution in [2.45, 2.75) is 46.0 Å². The van der Waals surface area contributed by atoms with Crippen LogP contribution in [0.5, 0.6) is 0 Å². The summed E-state index contributed by atoms with van der Waals surface area (Å²) in [7, 11) is -0.113. The van der Waals surface area contributed by atoms with Crippen molar-refractivity contribution in [1.29, 1.82) is 0 Å².